The summed E-state index contributed by atoms with van der Waals surface area (Å²) in [6, 6.07) is 1.80. The van der Waals surface area contributed by atoms with Crippen LogP contribution in [0.2, 0.25) is 0 Å². The van der Waals surface area contributed by atoms with Crippen LogP contribution in [0.15, 0.2) is 23.4 Å². The molecule has 0 unspecified atom stereocenters. The van der Waals surface area contributed by atoms with Crippen molar-refractivity contribution < 1.29 is 36.7 Å². The van der Waals surface area contributed by atoms with E-state index < -0.39 is 80.4 Å². The van der Waals surface area contributed by atoms with Crippen molar-refractivity contribution in [2.24, 2.45) is 0 Å². The van der Waals surface area contributed by atoms with Crippen LogP contribution in [0.4, 0.5) is 26.1 Å². The molecule has 1 aromatic carbocycles. The van der Waals surface area contributed by atoms with Crippen molar-refractivity contribution in [3.05, 3.63) is 45.5 Å². The molecule has 2 N–H and O–H groups in total. The first-order valence-corrected chi connectivity index (χ1v) is 16.2. The first-order valence-electron chi connectivity index (χ1n) is 13.8. The van der Waals surface area contributed by atoms with Gasteiger partial charge in [0.05, 0.1) is 23.1 Å². The second kappa shape index (κ2) is 11.7. The molecule has 2 aromatic rings. The SMILES string of the molecule is CCCSc1nc(N[C@@H]2C[C@H](O)[C@H]3OC(C)(C)O[C@H]32)c([N+](=O)[O-])c(N([C@@H]2C[C@H]2c2ccc(F)c(F)c2)S(=O)(=O)N(C)C)n1. The molecule has 43 heavy (non-hydrogen) atoms. The highest BCUT2D eigenvalue weighted by Crippen LogP contribution is 2.50. The fourth-order valence-corrected chi connectivity index (χ4v) is 7.50. The van der Waals surface area contributed by atoms with Gasteiger partial charge in [0, 0.05) is 25.8 Å². The van der Waals surface area contributed by atoms with Crippen LogP contribution in [0.25, 0.3) is 0 Å². The van der Waals surface area contributed by atoms with Gasteiger partial charge in [0.1, 0.15) is 12.2 Å². The molecule has 0 amide bonds. The highest BCUT2D eigenvalue weighted by molar-refractivity contribution is 7.99. The lowest BCUT2D eigenvalue weighted by Crippen LogP contribution is -2.43. The maximum atomic E-state index is 14.1. The van der Waals surface area contributed by atoms with Crippen molar-refractivity contribution in [2.45, 2.75) is 87.3 Å². The van der Waals surface area contributed by atoms with Crippen molar-refractivity contribution in [3.63, 3.8) is 0 Å². The summed E-state index contributed by atoms with van der Waals surface area (Å²) in [5, 5.41) is 26.4. The molecule has 1 aliphatic heterocycles. The molecule has 1 saturated heterocycles. The molecule has 236 valence electrons. The van der Waals surface area contributed by atoms with E-state index >= 15 is 0 Å². The van der Waals surface area contributed by atoms with Crippen molar-refractivity contribution in [1.29, 1.82) is 0 Å². The predicted octanol–water partition coefficient (Wildman–Crippen LogP) is 3.40. The number of nitrogens with zero attached hydrogens (tertiary/aromatic N) is 5. The molecule has 0 bridgehead atoms. The maximum absolute atomic E-state index is 14.1. The highest BCUT2D eigenvalue weighted by Gasteiger charge is 2.55. The Morgan fingerprint density at radius 1 is 1.19 bits per heavy atom. The summed E-state index contributed by atoms with van der Waals surface area (Å²) in [6.07, 6.45) is -1.18. The minimum Gasteiger partial charge on any atom is -0.390 e. The molecule has 17 heteroatoms. The van der Waals surface area contributed by atoms with Crippen LogP contribution in [-0.4, -0.2) is 88.8 Å². The van der Waals surface area contributed by atoms with Gasteiger partial charge in [-0.15, -0.1) is 0 Å². The molecule has 2 aliphatic carbocycles. The zero-order valence-corrected chi connectivity index (χ0v) is 25.9. The third-order valence-corrected chi connectivity index (χ3v) is 10.5. The number of thioether (sulfide) groups is 1. The lowest BCUT2D eigenvalue weighted by Gasteiger charge is -2.28. The number of rotatable bonds is 11. The Bertz CT molecular complexity index is 1520. The Hall–Kier alpha value is -2.70. The minimum absolute atomic E-state index is 0.105. The first kappa shape index (κ1) is 31.7. The maximum Gasteiger partial charge on any atom is 0.354 e. The van der Waals surface area contributed by atoms with Gasteiger partial charge in [-0.05, 0) is 50.8 Å². The third-order valence-electron chi connectivity index (χ3n) is 7.57. The summed E-state index contributed by atoms with van der Waals surface area (Å²) < 4.78 is 68.8. The van der Waals surface area contributed by atoms with E-state index in [2.05, 4.69) is 15.3 Å². The van der Waals surface area contributed by atoms with Crippen molar-refractivity contribution in [2.75, 3.05) is 29.5 Å². The van der Waals surface area contributed by atoms with Crippen LogP contribution < -0.4 is 9.62 Å². The number of ether oxygens (including phenoxy) is 2. The number of aliphatic hydroxyl groups excluding tert-OH is 1. The normalized spacial score (nSPS) is 27.7. The molecule has 5 rings (SSSR count). The van der Waals surface area contributed by atoms with Crippen LogP contribution in [0.5, 0.6) is 0 Å². The van der Waals surface area contributed by atoms with E-state index in [1.807, 2.05) is 6.92 Å². The fourth-order valence-electron chi connectivity index (χ4n) is 5.53. The number of halogens is 2. The molecule has 3 aliphatic rings. The third kappa shape index (κ3) is 6.15. The monoisotopic (exact) mass is 644 g/mol. The van der Waals surface area contributed by atoms with Crippen molar-refractivity contribution in [1.82, 2.24) is 14.3 Å². The first-order chi connectivity index (χ1) is 20.1. The van der Waals surface area contributed by atoms with E-state index in [-0.39, 0.29) is 23.8 Å². The molecule has 2 saturated carbocycles. The number of nitro groups is 1. The van der Waals surface area contributed by atoms with Crippen LogP contribution in [-0.2, 0) is 19.7 Å². The Balaban J connectivity index is 1.61. The average Bonchev–Trinajstić information content (AvgIpc) is 3.54. The zero-order chi connectivity index (χ0) is 31.4. The van der Waals surface area contributed by atoms with Gasteiger partial charge >= 0.3 is 15.9 Å². The van der Waals surface area contributed by atoms with Gasteiger partial charge in [0.2, 0.25) is 11.6 Å². The van der Waals surface area contributed by atoms with Crippen LogP contribution in [0, 0.1) is 21.7 Å². The number of hydrogen-bond acceptors (Lipinski definition) is 11. The second-order valence-electron chi connectivity index (χ2n) is 11.4. The van der Waals surface area contributed by atoms with Crippen molar-refractivity contribution >= 4 is 39.3 Å². The molecular formula is C26H34F2N6O7S2. The summed E-state index contributed by atoms with van der Waals surface area (Å²) in [5.41, 5.74) is -0.330. The van der Waals surface area contributed by atoms with Gasteiger partial charge in [-0.25, -0.2) is 13.1 Å². The average molecular weight is 645 g/mol. The smallest absolute Gasteiger partial charge is 0.354 e. The molecule has 13 nitrogen and oxygen atoms in total. The number of hydrogen-bond donors (Lipinski definition) is 2. The minimum atomic E-state index is -4.38. The van der Waals surface area contributed by atoms with Gasteiger partial charge < -0.3 is 19.9 Å². The molecule has 2 heterocycles. The highest BCUT2D eigenvalue weighted by atomic mass is 32.2. The quantitative estimate of drug-likeness (QED) is 0.160. The molecule has 0 radical (unpaired) electrons. The lowest BCUT2D eigenvalue weighted by atomic mass is 10.1. The zero-order valence-electron chi connectivity index (χ0n) is 24.2. The van der Waals surface area contributed by atoms with Gasteiger partial charge in [-0.3, -0.25) is 10.1 Å². The molecular weight excluding hydrogens is 610 g/mol. The van der Waals surface area contributed by atoms with Crippen LogP contribution in [0.1, 0.15) is 51.5 Å². The number of aliphatic hydroxyl groups is 1. The van der Waals surface area contributed by atoms with E-state index in [0.717, 1.165) is 27.2 Å². The topological polar surface area (TPSA) is 160 Å². The van der Waals surface area contributed by atoms with E-state index in [0.29, 0.717) is 11.3 Å². The molecule has 6 atom stereocenters. The van der Waals surface area contributed by atoms with E-state index in [4.69, 9.17) is 9.47 Å². The number of benzene rings is 1. The standard InChI is InChI=1S/C26H34F2N6O7S2/c1-6-9-42-25-30-23(29-17-12-19(35)22-21(17)40-26(2,3)41-22)20(34(36)37)24(31-25)33(43(38,39)32(4)5)18-11-14(18)13-7-8-15(27)16(28)10-13/h7-8,10,14,17-19,21-22,35H,6,9,11-12H2,1-5H3,(H,29,30,31)/t14-,17+,18+,19-,21-,22+/m0/s1. The number of anilines is 2. The van der Waals surface area contributed by atoms with E-state index in [1.54, 1.807) is 13.8 Å². The fraction of sp³-hybridized carbons (Fsp3) is 0.615. The summed E-state index contributed by atoms with van der Waals surface area (Å²) in [4.78, 5) is 20.7. The Morgan fingerprint density at radius 3 is 2.51 bits per heavy atom. The number of nitrogens with one attached hydrogen (secondary N) is 1. The summed E-state index contributed by atoms with van der Waals surface area (Å²) in [7, 11) is -1.81. The largest absolute Gasteiger partial charge is 0.390 e. The number of aromatic nitrogens is 2. The van der Waals surface area contributed by atoms with Crippen LogP contribution >= 0.6 is 11.8 Å². The van der Waals surface area contributed by atoms with E-state index in [1.165, 1.54) is 31.9 Å². The predicted molar refractivity (Wildman–Crippen MR) is 154 cm³/mol. The molecule has 1 aromatic heterocycles. The second-order valence-corrected chi connectivity index (χ2v) is 14.5. The van der Waals surface area contributed by atoms with Gasteiger partial charge in [0.25, 0.3) is 0 Å². The number of fused-ring (bicyclic) bond motifs is 1. The lowest BCUT2D eigenvalue weighted by molar-refractivity contribution is -0.383. The van der Waals surface area contributed by atoms with Crippen molar-refractivity contribution in [3.8, 4) is 0 Å². The molecule has 3 fully saturated rings. The van der Waals surface area contributed by atoms with Gasteiger partial charge in [-0.1, -0.05) is 24.8 Å². The molecule has 0 spiro atoms. The summed E-state index contributed by atoms with van der Waals surface area (Å²) in [6.45, 7) is 5.32. The Labute approximate surface area is 252 Å². The Kier molecular flexibility index (Phi) is 8.60. The Morgan fingerprint density at radius 2 is 1.88 bits per heavy atom. The van der Waals surface area contributed by atoms with Gasteiger partial charge in [-0.2, -0.15) is 22.7 Å². The van der Waals surface area contributed by atoms with Crippen LogP contribution in [0.3, 0.4) is 0 Å². The summed E-state index contributed by atoms with van der Waals surface area (Å²) >= 11 is 1.20. The summed E-state index contributed by atoms with van der Waals surface area (Å²) in [5.74, 6) is -3.82. The van der Waals surface area contributed by atoms with Gasteiger partial charge in [0.15, 0.2) is 22.6 Å². The van der Waals surface area contributed by atoms with E-state index in [9.17, 15) is 32.4 Å².